The van der Waals surface area contributed by atoms with Crippen molar-refractivity contribution >= 4 is 46.4 Å². The maximum atomic E-state index is 12.2. The second-order valence-corrected chi connectivity index (χ2v) is 8.18. The highest BCUT2D eigenvalue weighted by Crippen LogP contribution is 2.22. The van der Waals surface area contributed by atoms with Gasteiger partial charge in [-0.1, -0.05) is 23.2 Å². The lowest BCUT2D eigenvalue weighted by atomic mass is 10.2. The summed E-state index contributed by atoms with van der Waals surface area (Å²) in [6.07, 6.45) is 1.90. The highest BCUT2D eigenvalue weighted by atomic mass is 35.5. The summed E-state index contributed by atoms with van der Waals surface area (Å²) in [6, 6.07) is 6.83. The van der Waals surface area contributed by atoms with Crippen molar-refractivity contribution in [3.63, 3.8) is 0 Å². The lowest BCUT2D eigenvalue weighted by Gasteiger charge is -2.24. The number of ether oxygens (including phenoxy) is 1. The Bertz CT molecular complexity index is 822. The van der Waals surface area contributed by atoms with E-state index in [4.69, 9.17) is 33.0 Å². The van der Waals surface area contributed by atoms with Crippen LogP contribution in [0.5, 0.6) is 0 Å². The number of amides is 1. The van der Waals surface area contributed by atoms with Crippen LogP contribution < -0.4 is 0 Å². The quantitative estimate of drug-likeness (QED) is 0.644. The van der Waals surface area contributed by atoms with Crippen molar-refractivity contribution in [1.82, 2.24) is 9.88 Å². The Labute approximate surface area is 170 Å². The van der Waals surface area contributed by atoms with E-state index in [0.717, 1.165) is 16.9 Å². The number of carboxylic acids is 1. The van der Waals surface area contributed by atoms with Gasteiger partial charge in [-0.05, 0) is 42.7 Å². The van der Waals surface area contributed by atoms with Gasteiger partial charge >= 0.3 is 5.97 Å². The van der Waals surface area contributed by atoms with E-state index in [-0.39, 0.29) is 11.9 Å². The Morgan fingerprint density at radius 1 is 1.33 bits per heavy atom. The Kier molecular flexibility index (Phi) is 6.70. The molecule has 3 rings (SSSR count). The minimum Gasteiger partial charge on any atom is -0.477 e. The van der Waals surface area contributed by atoms with Crippen LogP contribution in [0, 0.1) is 0 Å². The Hall–Kier alpha value is -1.67. The fourth-order valence-electron chi connectivity index (χ4n) is 3.05. The molecule has 1 fully saturated rings. The smallest absolute Gasteiger partial charge is 0.345 e. The van der Waals surface area contributed by atoms with Gasteiger partial charge in [0, 0.05) is 17.8 Å². The van der Waals surface area contributed by atoms with Gasteiger partial charge in [0.15, 0.2) is 0 Å². The summed E-state index contributed by atoms with van der Waals surface area (Å²) in [5, 5.41) is 9.62. The first-order chi connectivity index (χ1) is 12.9. The summed E-state index contributed by atoms with van der Waals surface area (Å²) in [5.74, 6) is -0.825. The molecule has 3 heterocycles. The lowest BCUT2D eigenvalue weighted by molar-refractivity contribution is -0.129. The Morgan fingerprint density at radius 3 is 2.74 bits per heavy atom. The predicted molar refractivity (Wildman–Crippen MR) is 104 cm³/mol. The largest absolute Gasteiger partial charge is 0.477 e. The third-order valence-electron chi connectivity index (χ3n) is 4.34. The molecule has 144 valence electrons. The molecule has 2 aromatic heterocycles. The van der Waals surface area contributed by atoms with Gasteiger partial charge in [-0.15, -0.1) is 11.3 Å². The first-order valence-electron chi connectivity index (χ1n) is 8.43. The van der Waals surface area contributed by atoms with Gasteiger partial charge in [0.1, 0.15) is 15.2 Å². The second-order valence-electron chi connectivity index (χ2n) is 6.24. The topological polar surface area (TPSA) is 79.7 Å². The minimum absolute atomic E-state index is 0.0178. The summed E-state index contributed by atoms with van der Waals surface area (Å²) in [5.41, 5.74) is 0.930. The molecule has 0 aromatic carbocycles. The number of aromatic nitrogens is 1. The number of rotatable bonds is 8. The zero-order valence-corrected chi connectivity index (χ0v) is 16.7. The van der Waals surface area contributed by atoms with E-state index >= 15 is 0 Å². The summed E-state index contributed by atoms with van der Waals surface area (Å²) >= 11 is 13.0. The average molecular weight is 429 g/mol. The summed E-state index contributed by atoms with van der Waals surface area (Å²) < 4.78 is 5.74. The first-order valence-corrected chi connectivity index (χ1v) is 10.0. The number of likely N-dealkylation sites (tertiary alicyclic amines) is 1. The van der Waals surface area contributed by atoms with E-state index in [1.807, 2.05) is 4.90 Å². The number of carboxylic acid groups (broad SMARTS) is 1. The predicted octanol–water partition coefficient (Wildman–Crippen LogP) is 3.90. The van der Waals surface area contributed by atoms with Gasteiger partial charge in [-0.25, -0.2) is 9.78 Å². The van der Waals surface area contributed by atoms with E-state index in [0.29, 0.717) is 47.8 Å². The number of pyridine rings is 1. The SMILES string of the molecule is O=C(O)c1ccc(COCC2CCC(=O)N2CCc2cc(Cl)nc(Cl)c2)s1. The molecule has 6 nitrogen and oxygen atoms in total. The lowest BCUT2D eigenvalue weighted by Crippen LogP contribution is -2.37. The molecule has 2 aromatic rings. The molecule has 0 bridgehead atoms. The van der Waals surface area contributed by atoms with Crippen LogP contribution in [0.4, 0.5) is 0 Å². The van der Waals surface area contributed by atoms with Crippen LogP contribution in [-0.4, -0.2) is 46.1 Å². The van der Waals surface area contributed by atoms with E-state index in [1.54, 1.807) is 24.3 Å². The van der Waals surface area contributed by atoms with Gasteiger partial charge in [0.2, 0.25) is 5.91 Å². The van der Waals surface area contributed by atoms with Gasteiger partial charge in [-0.3, -0.25) is 4.79 Å². The third kappa shape index (κ3) is 5.42. The molecule has 1 atom stereocenters. The molecule has 0 aliphatic carbocycles. The first kappa shape index (κ1) is 20.1. The van der Waals surface area contributed by atoms with Crippen molar-refractivity contribution in [1.29, 1.82) is 0 Å². The number of thiophene rings is 1. The van der Waals surface area contributed by atoms with Crippen LogP contribution in [-0.2, 0) is 22.6 Å². The van der Waals surface area contributed by atoms with Crippen LogP contribution >= 0.6 is 34.5 Å². The number of halogens is 2. The highest BCUT2D eigenvalue weighted by Gasteiger charge is 2.30. The standard InChI is InChI=1S/C18H18Cl2N2O4S/c19-15-7-11(8-16(20)21-15)5-6-22-12(1-4-17(22)23)9-26-10-13-2-3-14(27-13)18(24)25/h2-3,7-8,12H,1,4-6,9-10H2,(H,24,25). The average Bonchev–Trinajstić information content (AvgIpc) is 3.20. The molecule has 1 amide bonds. The molecule has 27 heavy (non-hydrogen) atoms. The number of carbonyl (C=O) groups is 2. The van der Waals surface area contributed by atoms with E-state index < -0.39 is 5.97 Å². The number of hydrogen-bond donors (Lipinski definition) is 1. The van der Waals surface area contributed by atoms with E-state index in [1.165, 1.54) is 11.3 Å². The van der Waals surface area contributed by atoms with Gasteiger partial charge in [0.05, 0.1) is 19.3 Å². The summed E-state index contributed by atoms with van der Waals surface area (Å²) in [6.45, 7) is 1.32. The number of hydrogen-bond acceptors (Lipinski definition) is 5. The van der Waals surface area contributed by atoms with E-state index in [9.17, 15) is 9.59 Å². The van der Waals surface area contributed by atoms with E-state index in [2.05, 4.69) is 4.98 Å². The number of carbonyl (C=O) groups excluding carboxylic acids is 1. The Morgan fingerprint density at radius 2 is 2.07 bits per heavy atom. The van der Waals surface area contributed by atoms with Crippen LogP contribution in [0.3, 0.4) is 0 Å². The zero-order valence-electron chi connectivity index (χ0n) is 14.4. The molecule has 1 saturated heterocycles. The highest BCUT2D eigenvalue weighted by molar-refractivity contribution is 7.13. The van der Waals surface area contributed by atoms with Crippen LogP contribution in [0.15, 0.2) is 24.3 Å². The van der Waals surface area contributed by atoms with Crippen molar-refractivity contribution in [2.24, 2.45) is 0 Å². The van der Waals surface area contributed by atoms with Crippen molar-refractivity contribution in [2.75, 3.05) is 13.2 Å². The normalized spacial score (nSPS) is 16.9. The van der Waals surface area contributed by atoms with Crippen LogP contribution in [0.25, 0.3) is 0 Å². The molecular formula is C18H18Cl2N2O4S. The second kappa shape index (κ2) is 9.01. The maximum Gasteiger partial charge on any atom is 0.345 e. The molecule has 0 spiro atoms. The van der Waals surface area contributed by atoms with Crippen LogP contribution in [0.2, 0.25) is 10.3 Å². The third-order valence-corrected chi connectivity index (χ3v) is 5.78. The van der Waals surface area contributed by atoms with Gasteiger partial charge < -0.3 is 14.7 Å². The molecule has 0 saturated carbocycles. The van der Waals surface area contributed by atoms with Crippen LogP contribution in [0.1, 0.15) is 33.0 Å². The van der Waals surface area contributed by atoms with Gasteiger partial charge in [-0.2, -0.15) is 0 Å². The number of aromatic carboxylic acids is 1. The Balaban J connectivity index is 1.51. The molecule has 1 N–H and O–H groups in total. The monoisotopic (exact) mass is 428 g/mol. The van der Waals surface area contributed by atoms with Crippen molar-refractivity contribution in [3.8, 4) is 0 Å². The zero-order chi connectivity index (χ0) is 19.4. The summed E-state index contributed by atoms with van der Waals surface area (Å²) in [7, 11) is 0. The molecular weight excluding hydrogens is 411 g/mol. The minimum atomic E-state index is -0.935. The molecule has 9 heteroatoms. The van der Waals surface area contributed by atoms with Gasteiger partial charge in [0.25, 0.3) is 0 Å². The molecule has 0 radical (unpaired) electrons. The fourth-order valence-corrected chi connectivity index (χ4v) is 4.34. The fraction of sp³-hybridized carbons (Fsp3) is 0.389. The number of nitrogens with zero attached hydrogens (tertiary/aromatic N) is 2. The van der Waals surface area contributed by atoms with Crippen molar-refractivity contribution in [2.45, 2.75) is 31.9 Å². The molecule has 1 aliphatic rings. The van der Waals surface area contributed by atoms with Crippen molar-refractivity contribution < 1.29 is 19.4 Å². The molecule has 1 unspecified atom stereocenters. The van der Waals surface area contributed by atoms with Crippen molar-refractivity contribution in [3.05, 3.63) is 49.9 Å². The summed E-state index contributed by atoms with van der Waals surface area (Å²) in [4.78, 5) is 30.0. The molecule has 1 aliphatic heterocycles. The maximum absolute atomic E-state index is 12.2.